The third-order valence-electron chi connectivity index (χ3n) is 4.19. The van der Waals surface area contributed by atoms with E-state index in [9.17, 15) is 4.79 Å². The van der Waals surface area contributed by atoms with E-state index in [2.05, 4.69) is 4.98 Å². The largest absolute Gasteiger partial charge is 0.487 e. The molecule has 1 saturated carbocycles. The van der Waals surface area contributed by atoms with E-state index in [0.29, 0.717) is 23.2 Å². The van der Waals surface area contributed by atoms with Gasteiger partial charge in [0.2, 0.25) is 5.91 Å². The zero-order valence-corrected chi connectivity index (χ0v) is 12.2. The zero-order chi connectivity index (χ0) is 13.9. The van der Waals surface area contributed by atoms with E-state index in [1.54, 1.807) is 18.5 Å². The van der Waals surface area contributed by atoms with Crippen molar-refractivity contribution in [1.29, 1.82) is 0 Å². The molecule has 2 fully saturated rings. The number of rotatable bonds is 3. The van der Waals surface area contributed by atoms with Crippen LogP contribution in [0.4, 0.5) is 0 Å². The van der Waals surface area contributed by atoms with Gasteiger partial charge in [-0.1, -0.05) is 24.4 Å². The molecule has 0 spiro atoms. The summed E-state index contributed by atoms with van der Waals surface area (Å²) in [6, 6.07) is 1.77. The second-order valence-electron chi connectivity index (χ2n) is 5.60. The topological polar surface area (TPSA) is 42.4 Å². The average molecular weight is 295 g/mol. The SMILES string of the molecule is O=C(C1CCCC1)N1CC[C@@H](Oc2ccncc2Cl)C1. The standard InChI is InChI=1S/C15H19ClN2O2/c16-13-9-17-7-5-14(13)20-12-6-8-18(10-12)15(19)11-3-1-2-4-11/h5,7,9,11-12H,1-4,6,8,10H2/t12-/m1/s1. The van der Waals surface area contributed by atoms with E-state index < -0.39 is 0 Å². The van der Waals surface area contributed by atoms with Gasteiger partial charge in [0.05, 0.1) is 6.54 Å². The van der Waals surface area contributed by atoms with Gasteiger partial charge in [-0.2, -0.15) is 0 Å². The number of carbonyl (C=O) groups is 1. The predicted molar refractivity (Wildman–Crippen MR) is 76.8 cm³/mol. The first-order valence-corrected chi connectivity index (χ1v) is 7.67. The van der Waals surface area contributed by atoms with Gasteiger partial charge in [0, 0.05) is 37.3 Å². The van der Waals surface area contributed by atoms with Crippen LogP contribution in [0.15, 0.2) is 18.5 Å². The van der Waals surface area contributed by atoms with Crippen LogP contribution in [0.1, 0.15) is 32.1 Å². The van der Waals surface area contributed by atoms with E-state index in [1.807, 2.05) is 4.90 Å². The molecule has 1 aliphatic heterocycles. The van der Waals surface area contributed by atoms with Crippen molar-refractivity contribution in [3.63, 3.8) is 0 Å². The number of likely N-dealkylation sites (tertiary alicyclic amines) is 1. The number of hydrogen-bond donors (Lipinski definition) is 0. The first-order chi connectivity index (χ1) is 9.74. The van der Waals surface area contributed by atoms with Crippen molar-refractivity contribution in [2.24, 2.45) is 5.92 Å². The Morgan fingerprint density at radius 3 is 2.90 bits per heavy atom. The van der Waals surface area contributed by atoms with Crippen molar-refractivity contribution in [2.75, 3.05) is 13.1 Å². The summed E-state index contributed by atoms with van der Waals surface area (Å²) < 4.78 is 5.88. The molecule has 5 heteroatoms. The van der Waals surface area contributed by atoms with Gasteiger partial charge in [-0.25, -0.2) is 0 Å². The van der Waals surface area contributed by atoms with Crippen LogP contribution in [0.3, 0.4) is 0 Å². The summed E-state index contributed by atoms with van der Waals surface area (Å²) in [5, 5.41) is 0.521. The van der Waals surface area contributed by atoms with Gasteiger partial charge in [-0.3, -0.25) is 9.78 Å². The number of hydrogen-bond acceptors (Lipinski definition) is 3. The van der Waals surface area contributed by atoms with Crippen LogP contribution in [0.5, 0.6) is 5.75 Å². The second kappa shape index (κ2) is 6.00. The molecular weight excluding hydrogens is 276 g/mol. The van der Waals surface area contributed by atoms with Crippen molar-refractivity contribution in [3.8, 4) is 5.75 Å². The Morgan fingerprint density at radius 2 is 2.15 bits per heavy atom. The van der Waals surface area contributed by atoms with Crippen molar-refractivity contribution in [1.82, 2.24) is 9.88 Å². The van der Waals surface area contributed by atoms with Crippen molar-refractivity contribution >= 4 is 17.5 Å². The van der Waals surface area contributed by atoms with Gasteiger partial charge in [-0.15, -0.1) is 0 Å². The van der Waals surface area contributed by atoms with Gasteiger partial charge in [0.15, 0.2) is 0 Å². The zero-order valence-electron chi connectivity index (χ0n) is 11.4. The summed E-state index contributed by atoms with van der Waals surface area (Å²) in [7, 11) is 0. The molecule has 3 rings (SSSR count). The minimum Gasteiger partial charge on any atom is -0.487 e. The van der Waals surface area contributed by atoms with E-state index >= 15 is 0 Å². The lowest BCUT2D eigenvalue weighted by Crippen LogP contribution is -2.34. The van der Waals surface area contributed by atoms with Gasteiger partial charge in [0.25, 0.3) is 0 Å². The molecule has 0 N–H and O–H groups in total. The molecule has 1 aromatic rings. The van der Waals surface area contributed by atoms with Crippen LogP contribution < -0.4 is 4.74 Å². The Balaban J connectivity index is 1.57. The first-order valence-electron chi connectivity index (χ1n) is 7.29. The fourth-order valence-corrected chi connectivity index (χ4v) is 3.26. The fraction of sp³-hybridized carbons (Fsp3) is 0.600. The molecular formula is C15H19ClN2O2. The predicted octanol–water partition coefficient (Wildman–Crippen LogP) is 2.90. The van der Waals surface area contributed by atoms with Gasteiger partial charge in [-0.05, 0) is 12.8 Å². The minimum absolute atomic E-state index is 0.0419. The Hall–Kier alpha value is -1.29. The highest BCUT2D eigenvalue weighted by Gasteiger charge is 2.33. The highest BCUT2D eigenvalue weighted by atomic mass is 35.5. The molecule has 1 saturated heterocycles. The van der Waals surface area contributed by atoms with Gasteiger partial charge < -0.3 is 9.64 Å². The Bertz CT molecular complexity index is 489. The number of aromatic nitrogens is 1. The maximum absolute atomic E-state index is 12.3. The maximum Gasteiger partial charge on any atom is 0.225 e. The molecule has 1 amide bonds. The summed E-state index contributed by atoms with van der Waals surface area (Å²) in [4.78, 5) is 18.2. The molecule has 1 atom stereocenters. The van der Waals surface area contributed by atoms with Gasteiger partial charge in [0.1, 0.15) is 16.9 Å². The Morgan fingerprint density at radius 1 is 1.35 bits per heavy atom. The highest BCUT2D eigenvalue weighted by Crippen LogP contribution is 2.29. The van der Waals surface area contributed by atoms with Gasteiger partial charge >= 0.3 is 0 Å². The molecule has 0 aromatic carbocycles. The second-order valence-corrected chi connectivity index (χ2v) is 6.01. The third kappa shape index (κ3) is 2.90. The van der Waals surface area contributed by atoms with Crippen LogP contribution in [0, 0.1) is 5.92 Å². The van der Waals surface area contributed by atoms with E-state index in [4.69, 9.17) is 16.3 Å². The monoisotopic (exact) mass is 294 g/mol. The fourth-order valence-electron chi connectivity index (χ4n) is 3.09. The van der Waals surface area contributed by atoms with Crippen LogP contribution >= 0.6 is 11.6 Å². The highest BCUT2D eigenvalue weighted by molar-refractivity contribution is 6.31. The lowest BCUT2D eigenvalue weighted by atomic mass is 10.1. The van der Waals surface area contributed by atoms with Crippen molar-refractivity contribution in [3.05, 3.63) is 23.5 Å². The van der Waals surface area contributed by atoms with Crippen LogP contribution in [-0.2, 0) is 4.79 Å². The summed E-state index contributed by atoms with van der Waals surface area (Å²) in [5.41, 5.74) is 0. The molecule has 108 valence electrons. The van der Waals surface area contributed by atoms with Crippen LogP contribution in [0.25, 0.3) is 0 Å². The van der Waals surface area contributed by atoms with Crippen LogP contribution in [0.2, 0.25) is 5.02 Å². The normalized spacial score (nSPS) is 23.2. The molecule has 0 unspecified atom stereocenters. The molecule has 2 heterocycles. The molecule has 0 radical (unpaired) electrons. The smallest absolute Gasteiger partial charge is 0.225 e. The summed E-state index contributed by atoms with van der Waals surface area (Å²) in [6.45, 7) is 1.47. The molecule has 20 heavy (non-hydrogen) atoms. The first kappa shape index (κ1) is 13.7. The quantitative estimate of drug-likeness (QED) is 0.861. The molecule has 0 bridgehead atoms. The Kier molecular flexibility index (Phi) is 4.10. The van der Waals surface area contributed by atoms with E-state index in [1.165, 1.54) is 12.8 Å². The Labute approximate surface area is 124 Å². The lowest BCUT2D eigenvalue weighted by molar-refractivity contribution is -0.134. The summed E-state index contributed by atoms with van der Waals surface area (Å²) >= 11 is 6.04. The number of halogens is 1. The molecule has 1 aromatic heterocycles. The van der Waals surface area contributed by atoms with Crippen molar-refractivity contribution < 1.29 is 9.53 Å². The lowest BCUT2D eigenvalue weighted by Gasteiger charge is -2.20. The maximum atomic E-state index is 12.3. The van der Waals surface area contributed by atoms with Crippen molar-refractivity contribution in [2.45, 2.75) is 38.2 Å². The number of carbonyl (C=O) groups excluding carboxylic acids is 1. The number of amides is 1. The molecule has 1 aliphatic carbocycles. The number of pyridine rings is 1. The average Bonchev–Trinajstić information content (AvgIpc) is 3.12. The minimum atomic E-state index is 0.0419. The summed E-state index contributed by atoms with van der Waals surface area (Å²) in [6.07, 6.45) is 8.64. The van der Waals surface area contributed by atoms with E-state index in [-0.39, 0.29) is 12.0 Å². The van der Waals surface area contributed by atoms with Crippen LogP contribution in [-0.4, -0.2) is 35.0 Å². The van der Waals surface area contributed by atoms with E-state index in [0.717, 1.165) is 25.8 Å². The number of ether oxygens (including phenoxy) is 1. The third-order valence-corrected chi connectivity index (χ3v) is 4.47. The summed E-state index contributed by atoms with van der Waals surface area (Å²) in [5.74, 6) is 1.22. The molecule has 4 nitrogen and oxygen atoms in total. The number of nitrogens with zero attached hydrogens (tertiary/aromatic N) is 2. The molecule has 2 aliphatic rings.